The number of sulfonamides is 1. The molecular formula is C32H41N3O5S. The molecule has 3 aromatic rings. The molecular weight excluding hydrogens is 538 g/mol. The van der Waals surface area contributed by atoms with Gasteiger partial charge in [0, 0.05) is 12.6 Å². The molecule has 0 unspecified atom stereocenters. The van der Waals surface area contributed by atoms with Crippen molar-refractivity contribution in [3.8, 4) is 5.75 Å². The molecule has 0 aliphatic carbocycles. The largest absolute Gasteiger partial charge is 0.497 e. The molecule has 0 aromatic heterocycles. The van der Waals surface area contributed by atoms with Crippen LogP contribution in [0.2, 0.25) is 0 Å². The van der Waals surface area contributed by atoms with E-state index in [4.69, 9.17) is 4.74 Å². The molecule has 0 bridgehead atoms. The zero-order valence-electron chi connectivity index (χ0n) is 25.0. The average Bonchev–Trinajstić information content (AvgIpc) is 2.95. The van der Waals surface area contributed by atoms with Crippen molar-refractivity contribution >= 4 is 27.5 Å². The van der Waals surface area contributed by atoms with Crippen LogP contribution in [0.15, 0.2) is 71.6 Å². The Bertz CT molecular complexity index is 1470. The first-order chi connectivity index (χ1) is 19.4. The second-order valence-corrected chi connectivity index (χ2v) is 12.3. The highest BCUT2D eigenvalue weighted by Gasteiger charge is 2.33. The maximum absolute atomic E-state index is 14.1. The van der Waals surface area contributed by atoms with Crippen molar-refractivity contribution in [2.45, 2.75) is 71.5 Å². The summed E-state index contributed by atoms with van der Waals surface area (Å²) in [6.45, 7) is 10.7. The van der Waals surface area contributed by atoms with Crippen LogP contribution in [-0.4, -0.2) is 50.9 Å². The first kappa shape index (κ1) is 31.7. The maximum atomic E-state index is 14.1. The molecule has 41 heavy (non-hydrogen) atoms. The number of hydrogen-bond donors (Lipinski definition) is 1. The van der Waals surface area contributed by atoms with Gasteiger partial charge in [0.2, 0.25) is 11.8 Å². The summed E-state index contributed by atoms with van der Waals surface area (Å²) in [5.41, 5.74) is 3.73. The van der Waals surface area contributed by atoms with Crippen LogP contribution in [0, 0.1) is 20.8 Å². The molecule has 0 heterocycles. The quantitative estimate of drug-likeness (QED) is 0.320. The van der Waals surface area contributed by atoms with Gasteiger partial charge in [-0.15, -0.1) is 0 Å². The van der Waals surface area contributed by atoms with Crippen LogP contribution in [0.5, 0.6) is 5.75 Å². The number of nitrogens with one attached hydrogen (secondary N) is 1. The molecule has 0 saturated carbocycles. The van der Waals surface area contributed by atoms with Crippen molar-refractivity contribution in [3.63, 3.8) is 0 Å². The monoisotopic (exact) mass is 579 g/mol. The molecule has 0 radical (unpaired) electrons. The number of methoxy groups -OCH3 is 1. The number of aryl methyl sites for hydroxylation is 2. The van der Waals surface area contributed by atoms with Gasteiger partial charge in [0.25, 0.3) is 10.0 Å². The summed E-state index contributed by atoms with van der Waals surface area (Å²) in [5.74, 6) is -0.197. The summed E-state index contributed by atoms with van der Waals surface area (Å²) in [7, 11) is -2.57. The van der Waals surface area contributed by atoms with E-state index < -0.39 is 28.5 Å². The molecule has 220 valence electrons. The number of carbonyl (C=O) groups is 2. The number of anilines is 1. The molecule has 1 N–H and O–H groups in total. The van der Waals surface area contributed by atoms with Gasteiger partial charge in [-0.2, -0.15) is 0 Å². The number of carbonyl (C=O) groups excluding carboxylic acids is 2. The molecule has 3 rings (SSSR count). The van der Waals surface area contributed by atoms with Crippen LogP contribution in [0.25, 0.3) is 0 Å². The second-order valence-electron chi connectivity index (χ2n) is 10.4. The number of benzene rings is 3. The Balaban J connectivity index is 2.08. The third-order valence-corrected chi connectivity index (χ3v) is 9.16. The van der Waals surface area contributed by atoms with Crippen LogP contribution < -0.4 is 14.4 Å². The molecule has 3 aromatic carbocycles. The molecule has 8 nitrogen and oxygen atoms in total. The Morgan fingerprint density at radius 1 is 0.951 bits per heavy atom. The fraction of sp³-hybridized carbons (Fsp3) is 0.375. The first-order valence-electron chi connectivity index (χ1n) is 13.8. The minimum absolute atomic E-state index is 0.0768. The minimum atomic E-state index is -4.13. The maximum Gasteiger partial charge on any atom is 0.264 e. The van der Waals surface area contributed by atoms with E-state index >= 15 is 0 Å². The van der Waals surface area contributed by atoms with Gasteiger partial charge < -0.3 is 15.0 Å². The van der Waals surface area contributed by atoms with Gasteiger partial charge in [-0.1, -0.05) is 48.9 Å². The Kier molecular flexibility index (Phi) is 10.6. The average molecular weight is 580 g/mol. The van der Waals surface area contributed by atoms with Gasteiger partial charge >= 0.3 is 0 Å². The van der Waals surface area contributed by atoms with E-state index in [-0.39, 0.29) is 23.4 Å². The highest BCUT2D eigenvalue weighted by atomic mass is 32.2. The van der Waals surface area contributed by atoms with E-state index in [9.17, 15) is 18.0 Å². The topological polar surface area (TPSA) is 96.0 Å². The summed E-state index contributed by atoms with van der Waals surface area (Å²) in [4.78, 5) is 28.8. The predicted molar refractivity (Wildman–Crippen MR) is 163 cm³/mol. The van der Waals surface area contributed by atoms with Crippen LogP contribution >= 0.6 is 0 Å². The fourth-order valence-corrected chi connectivity index (χ4v) is 5.84. The number of rotatable bonds is 12. The highest BCUT2D eigenvalue weighted by molar-refractivity contribution is 7.92. The molecule has 0 spiro atoms. The van der Waals surface area contributed by atoms with Gasteiger partial charge in [0.15, 0.2) is 0 Å². The molecule has 2 amide bonds. The van der Waals surface area contributed by atoms with Crippen LogP contribution in [0.1, 0.15) is 49.4 Å². The Morgan fingerprint density at radius 2 is 1.61 bits per heavy atom. The lowest BCUT2D eigenvalue weighted by atomic mass is 10.1. The Morgan fingerprint density at radius 3 is 2.24 bits per heavy atom. The summed E-state index contributed by atoms with van der Waals surface area (Å²) in [5, 5.41) is 2.95. The van der Waals surface area contributed by atoms with Gasteiger partial charge in [-0.25, -0.2) is 8.42 Å². The SMILES string of the molecule is CC[C@@H](C)NC(=O)[C@@H](C)N(Cc1cccc(OC)c1)C(=O)CN(c1cccc(C)c1C)S(=O)(=O)c1ccc(C)cc1. The molecule has 9 heteroatoms. The standard InChI is InChI=1S/C32H41N3O5S/c1-8-24(4)33-32(37)26(6)34(20-27-12-10-13-28(19-27)40-7)31(36)21-35(30-14-9-11-23(3)25(30)5)41(38,39)29-17-15-22(2)16-18-29/h9-19,24,26H,8,20-21H2,1-7H3,(H,33,37)/t24-,26-/m1/s1. The summed E-state index contributed by atoms with van der Waals surface area (Å²) in [6.07, 6.45) is 0.734. The van der Waals surface area contributed by atoms with E-state index in [0.717, 1.165) is 33.0 Å². The van der Waals surface area contributed by atoms with E-state index in [1.54, 1.807) is 62.6 Å². The number of nitrogens with zero attached hydrogens (tertiary/aromatic N) is 2. The van der Waals surface area contributed by atoms with Crippen molar-refractivity contribution in [3.05, 3.63) is 89.0 Å². The zero-order chi connectivity index (χ0) is 30.3. The van der Waals surface area contributed by atoms with Crippen molar-refractivity contribution in [1.29, 1.82) is 0 Å². The minimum Gasteiger partial charge on any atom is -0.497 e. The summed E-state index contributed by atoms with van der Waals surface area (Å²) < 4.78 is 34.6. The molecule has 0 aliphatic rings. The van der Waals surface area contributed by atoms with E-state index in [1.165, 1.54) is 4.90 Å². The Hall–Kier alpha value is -3.85. The predicted octanol–water partition coefficient (Wildman–Crippen LogP) is 5.15. The summed E-state index contributed by atoms with van der Waals surface area (Å²) >= 11 is 0. The van der Waals surface area contributed by atoms with Crippen LogP contribution in [0.3, 0.4) is 0 Å². The lowest BCUT2D eigenvalue weighted by Crippen LogP contribution is -2.52. The normalized spacial score (nSPS) is 12.8. The van der Waals surface area contributed by atoms with E-state index in [1.807, 2.05) is 52.8 Å². The lowest BCUT2D eigenvalue weighted by molar-refractivity contribution is -0.139. The van der Waals surface area contributed by atoms with Crippen molar-refractivity contribution in [1.82, 2.24) is 10.2 Å². The first-order valence-corrected chi connectivity index (χ1v) is 15.2. The smallest absolute Gasteiger partial charge is 0.264 e. The summed E-state index contributed by atoms with van der Waals surface area (Å²) in [6, 6.07) is 18.2. The molecule has 0 fully saturated rings. The van der Waals surface area contributed by atoms with Crippen molar-refractivity contribution in [2.75, 3.05) is 18.0 Å². The van der Waals surface area contributed by atoms with E-state index in [0.29, 0.717) is 11.4 Å². The molecule has 0 aliphatic heterocycles. The van der Waals surface area contributed by atoms with Gasteiger partial charge in [-0.05, 0) is 88.1 Å². The molecule has 0 saturated heterocycles. The fourth-order valence-electron chi connectivity index (χ4n) is 4.37. The van der Waals surface area contributed by atoms with Gasteiger partial charge in [-0.3, -0.25) is 13.9 Å². The zero-order valence-corrected chi connectivity index (χ0v) is 25.8. The van der Waals surface area contributed by atoms with Crippen molar-refractivity contribution < 1.29 is 22.7 Å². The highest BCUT2D eigenvalue weighted by Crippen LogP contribution is 2.29. The van der Waals surface area contributed by atoms with Gasteiger partial charge in [0.05, 0.1) is 17.7 Å². The second kappa shape index (κ2) is 13.7. The third-order valence-electron chi connectivity index (χ3n) is 7.39. The van der Waals surface area contributed by atoms with Gasteiger partial charge in [0.1, 0.15) is 18.3 Å². The van der Waals surface area contributed by atoms with Crippen LogP contribution in [0.4, 0.5) is 5.69 Å². The Labute approximate surface area is 244 Å². The molecule has 2 atom stereocenters. The number of hydrogen-bond acceptors (Lipinski definition) is 5. The third kappa shape index (κ3) is 7.67. The van der Waals surface area contributed by atoms with Crippen LogP contribution in [-0.2, 0) is 26.2 Å². The van der Waals surface area contributed by atoms with E-state index in [2.05, 4.69) is 5.32 Å². The van der Waals surface area contributed by atoms with Crippen molar-refractivity contribution in [2.24, 2.45) is 0 Å². The lowest BCUT2D eigenvalue weighted by Gasteiger charge is -2.33. The number of ether oxygens (including phenoxy) is 1. The number of amides is 2.